The van der Waals surface area contributed by atoms with Gasteiger partial charge in [0.15, 0.2) is 0 Å². The molecule has 0 radical (unpaired) electrons. The lowest BCUT2D eigenvalue weighted by atomic mass is 10.1. The normalized spacial score (nSPS) is 10.6. The second-order valence-electron chi connectivity index (χ2n) is 3.24. The Labute approximate surface area is 81.0 Å². The summed E-state index contributed by atoms with van der Waals surface area (Å²) in [5, 5.41) is 3.40. The monoisotopic (exact) mass is 190 g/mol. The molecule has 0 unspecified atom stereocenters. The fraction of sp³-hybridized carbons (Fsp3) is 0.182. The second-order valence-corrected chi connectivity index (χ2v) is 4.15. The van der Waals surface area contributed by atoms with E-state index in [9.17, 15) is 4.79 Å². The van der Waals surface area contributed by atoms with Crippen LogP contribution in [0.5, 0.6) is 0 Å². The Hall–Kier alpha value is -1.15. The van der Waals surface area contributed by atoms with Crippen LogP contribution in [0.1, 0.15) is 21.5 Å². The van der Waals surface area contributed by atoms with Crippen molar-refractivity contribution >= 4 is 27.7 Å². The topological polar surface area (TPSA) is 17.1 Å². The van der Waals surface area contributed by atoms with E-state index in [1.807, 2.05) is 13.0 Å². The van der Waals surface area contributed by atoms with Crippen molar-refractivity contribution < 1.29 is 4.79 Å². The fourth-order valence-electron chi connectivity index (χ4n) is 1.45. The van der Waals surface area contributed by atoms with E-state index in [0.29, 0.717) is 0 Å². The minimum absolute atomic E-state index is 0.800. The van der Waals surface area contributed by atoms with Crippen molar-refractivity contribution in [3.05, 3.63) is 34.2 Å². The van der Waals surface area contributed by atoms with Crippen LogP contribution in [-0.4, -0.2) is 6.29 Å². The molecule has 0 fully saturated rings. The summed E-state index contributed by atoms with van der Waals surface area (Å²) < 4.78 is 1.20. The highest BCUT2D eigenvalue weighted by atomic mass is 32.1. The number of aldehydes is 1. The number of hydrogen-bond donors (Lipinski definition) is 0. The molecular weight excluding hydrogens is 180 g/mol. The van der Waals surface area contributed by atoms with Gasteiger partial charge in [0.25, 0.3) is 0 Å². The Morgan fingerprint density at radius 1 is 1.23 bits per heavy atom. The van der Waals surface area contributed by atoms with Gasteiger partial charge in [0.05, 0.1) is 0 Å². The van der Waals surface area contributed by atoms with Gasteiger partial charge in [-0.1, -0.05) is 0 Å². The minimum atomic E-state index is 0.800. The first-order chi connectivity index (χ1) is 6.22. The van der Waals surface area contributed by atoms with Gasteiger partial charge >= 0.3 is 0 Å². The number of carbonyl (C=O) groups is 1. The van der Waals surface area contributed by atoms with Crippen molar-refractivity contribution in [3.63, 3.8) is 0 Å². The molecule has 0 aliphatic rings. The number of fused-ring (bicyclic) bond motifs is 1. The van der Waals surface area contributed by atoms with Crippen LogP contribution in [0.25, 0.3) is 10.1 Å². The lowest BCUT2D eigenvalue weighted by molar-refractivity contribution is 0.112. The van der Waals surface area contributed by atoms with E-state index in [4.69, 9.17) is 0 Å². The molecule has 0 amide bonds. The largest absolute Gasteiger partial charge is 0.298 e. The van der Waals surface area contributed by atoms with Crippen molar-refractivity contribution in [3.8, 4) is 0 Å². The summed E-state index contributed by atoms with van der Waals surface area (Å²) in [4.78, 5) is 10.7. The van der Waals surface area contributed by atoms with Gasteiger partial charge in [-0.15, -0.1) is 11.3 Å². The Morgan fingerprint density at radius 2 is 2.00 bits per heavy atom. The first kappa shape index (κ1) is 8.45. The maximum Gasteiger partial charge on any atom is 0.150 e. The van der Waals surface area contributed by atoms with Gasteiger partial charge in [-0.2, -0.15) is 0 Å². The molecule has 0 bridgehead atoms. The molecule has 0 spiro atoms. The van der Waals surface area contributed by atoms with Crippen molar-refractivity contribution in [2.75, 3.05) is 0 Å². The summed E-state index contributed by atoms with van der Waals surface area (Å²) in [6.45, 7) is 4.07. The average Bonchev–Trinajstić information content (AvgIpc) is 2.47. The van der Waals surface area contributed by atoms with E-state index < -0.39 is 0 Å². The zero-order chi connectivity index (χ0) is 9.42. The molecule has 66 valence electrons. The molecule has 1 nitrogen and oxygen atoms in total. The van der Waals surface area contributed by atoms with E-state index in [0.717, 1.165) is 17.4 Å². The SMILES string of the molecule is Cc1cc2c(C)csc2cc1C=O. The van der Waals surface area contributed by atoms with Gasteiger partial charge in [0, 0.05) is 10.3 Å². The third-order valence-corrected chi connectivity index (χ3v) is 3.35. The van der Waals surface area contributed by atoms with Crippen LogP contribution in [0.15, 0.2) is 17.5 Å². The molecule has 0 aliphatic heterocycles. The number of thiophene rings is 1. The lowest BCUT2D eigenvalue weighted by Gasteiger charge is -1.98. The van der Waals surface area contributed by atoms with Crippen molar-refractivity contribution in [1.29, 1.82) is 0 Å². The van der Waals surface area contributed by atoms with Crippen LogP contribution in [0.3, 0.4) is 0 Å². The summed E-state index contributed by atoms with van der Waals surface area (Å²) >= 11 is 1.69. The molecular formula is C11H10OS. The van der Waals surface area contributed by atoms with E-state index >= 15 is 0 Å². The molecule has 2 aromatic rings. The van der Waals surface area contributed by atoms with Gasteiger partial charge in [-0.25, -0.2) is 0 Å². The Kier molecular flexibility index (Phi) is 1.93. The molecule has 0 N–H and O–H groups in total. The van der Waals surface area contributed by atoms with E-state index in [-0.39, 0.29) is 0 Å². The maximum atomic E-state index is 10.7. The Bertz CT molecular complexity index is 468. The molecule has 1 aromatic carbocycles. The first-order valence-electron chi connectivity index (χ1n) is 4.16. The van der Waals surface area contributed by atoms with E-state index in [1.54, 1.807) is 11.3 Å². The highest BCUT2D eigenvalue weighted by Gasteiger charge is 2.03. The molecule has 0 saturated heterocycles. The number of benzene rings is 1. The van der Waals surface area contributed by atoms with Crippen LogP contribution < -0.4 is 0 Å². The summed E-state index contributed by atoms with van der Waals surface area (Å²) in [6.07, 6.45) is 0.920. The molecule has 1 aromatic heterocycles. The van der Waals surface area contributed by atoms with Gasteiger partial charge in [0.2, 0.25) is 0 Å². The van der Waals surface area contributed by atoms with Gasteiger partial charge in [0.1, 0.15) is 6.29 Å². The number of hydrogen-bond acceptors (Lipinski definition) is 2. The zero-order valence-corrected chi connectivity index (χ0v) is 8.44. The highest BCUT2D eigenvalue weighted by molar-refractivity contribution is 7.17. The summed E-state index contributed by atoms with van der Waals surface area (Å²) in [7, 11) is 0. The first-order valence-corrected chi connectivity index (χ1v) is 5.04. The molecule has 2 rings (SSSR count). The predicted molar refractivity (Wildman–Crippen MR) is 56.7 cm³/mol. The van der Waals surface area contributed by atoms with Crippen LogP contribution in [0, 0.1) is 13.8 Å². The fourth-order valence-corrected chi connectivity index (χ4v) is 2.42. The zero-order valence-electron chi connectivity index (χ0n) is 7.63. The summed E-state index contributed by atoms with van der Waals surface area (Å²) in [5.41, 5.74) is 3.15. The molecule has 1 heterocycles. The lowest BCUT2D eigenvalue weighted by Crippen LogP contribution is -1.84. The van der Waals surface area contributed by atoms with Crippen LogP contribution in [0.4, 0.5) is 0 Å². The van der Waals surface area contributed by atoms with Crippen LogP contribution in [0.2, 0.25) is 0 Å². The van der Waals surface area contributed by atoms with Gasteiger partial charge in [-0.3, -0.25) is 4.79 Å². The predicted octanol–water partition coefficient (Wildman–Crippen LogP) is 3.33. The quantitative estimate of drug-likeness (QED) is 0.630. The van der Waals surface area contributed by atoms with Crippen molar-refractivity contribution in [2.24, 2.45) is 0 Å². The average molecular weight is 190 g/mol. The molecule has 0 aliphatic carbocycles. The highest BCUT2D eigenvalue weighted by Crippen LogP contribution is 2.27. The van der Waals surface area contributed by atoms with Gasteiger partial charge < -0.3 is 0 Å². The van der Waals surface area contributed by atoms with Crippen LogP contribution in [-0.2, 0) is 0 Å². The van der Waals surface area contributed by atoms with E-state index in [1.165, 1.54) is 15.6 Å². The molecule has 13 heavy (non-hydrogen) atoms. The number of aryl methyl sites for hydroxylation is 2. The summed E-state index contributed by atoms with van der Waals surface area (Å²) in [5.74, 6) is 0. The standard InChI is InChI=1S/C11H10OS/c1-7-3-10-8(2)6-13-11(10)4-9(7)5-12/h3-6H,1-2H3. The molecule has 0 saturated carbocycles. The smallest absolute Gasteiger partial charge is 0.150 e. The maximum absolute atomic E-state index is 10.7. The molecule has 2 heteroatoms. The minimum Gasteiger partial charge on any atom is -0.298 e. The number of rotatable bonds is 1. The number of carbonyl (C=O) groups excluding carboxylic acids is 1. The van der Waals surface area contributed by atoms with Crippen LogP contribution >= 0.6 is 11.3 Å². The summed E-state index contributed by atoms with van der Waals surface area (Å²) in [6, 6.07) is 4.06. The Balaban J connectivity index is 2.83. The third kappa shape index (κ3) is 1.27. The van der Waals surface area contributed by atoms with Gasteiger partial charge in [-0.05, 0) is 47.9 Å². The Morgan fingerprint density at radius 3 is 2.69 bits per heavy atom. The third-order valence-electron chi connectivity index (χ3n) is 2.28. The van der Waals surface area contributed by atoms with Crippen molar-refractivity contribution in [1.82, 2.24) is 0 Å². The molecule has 0 atom stereocenters. The van der Waals surface area contributed by atoms with E-state index in [2.05, 4.69) is 18.4 Å². The second kappa shape index (κ2) is 2.96. The van der Waals surface area contributed by atoms with Crippen molar-refractivity contribution in [2.45, 2.75) is 13.8 Å².